The number of benzene rings is 3. The molecule has 2 aliphatic rings. The Bertz CT molecular complexity index is 1190. The lowest BCUT2D eigenvalue weighted by Gasteiger charge is -2.42. The van der Waals surface area contributed by atoms with Crippen molar-refractivity contribution in [3.63, 3.8) is 0 Å². The highest BCUT2D eigenvalue weighted by molar-refractivity contribution is 5.94. The highest BCUT2D eigenvalue weighted by atomic mass is 16.6. The lowest BCUT2D eigenvalue weighted by Crippen LogP contribution is -2.49. The average molecular weight is 426 g/mol. The summed E-state index contributed by atoms with van der Waals surface area (Å²) in [6.07, 6.45) is 5.64. The first-order chi connectivity index (χ1) is 15.5. The number of fused-ring (bicyclic) bond motifs is 1. The maximum absolute atomic E-state index is 12.8. The molecule has 2 aliphatic heterocycles. The van der Waals surface area contributed by atoms with Crippen molar-refractivity contribution in [3.05, 3.63) is 100 Å². The number of likely N-dealkylation sites (tertiary alicyclic amines) is 1. The van der Waals surface area contributed by atoms with E-state index in [1.807, 2.05) is 24.3 Å². The van der Waals surface area contributed by atoms with Crippen molar-refractivity contribution in [1.82, 2.24) is 4.90 Å². The van der Waals surface area contributed by atoms with Crippen LogP contribution in [0.2, 0.25) is 0 Å². The number of hydrogen-bond donors (Lipinski definition) is 0. The molecule has 6 heteroatoms. The number of carbonyl (C=O) groups excluding carboxylic acids is 1. The number of carbonyl (C=O) groups is 1. The molecule has 0 atom stereocenters. The molecule has 32 heavy (non-hydrogen) atoms. The second kappa shape index (κ2) is 7.96. The van der Waals surface area contributed by atoms with E-state index in [1.54, 1.807) is 4.90 Å². The van der Waals surface area contributed by atoms with Gasteiger partial charge in [-0.2, -0.15) is 0 Å². The van der Waals surface area contributed by atoms with Crippen molar-refractivity contribution < 1.29 is 14.5 Å². The summed E-state index contributed by atoms with van der Waals surface area (Å²) in [6.45, 7) is 1.13. The SMILES string of the molecule is O=C(c1ccc([N+](=O)[O-])cc1)N1CCC2(C=Cc3cc(-c4ccccc4)ccc3O2)CC1. The monoisotopic (exact) mass is 426 g/mol. The zero-order valence-electron chi connectivity index (χ0n) is 17.4. The first-order valence-electron chi connectivity index (χ1n) is 10.6. The molecule has 0 aromatic heterocycles. The standard InChI is InChI=1S/C26H22N2O4/c29-25(20-6-9-23(10-7-20)28(30)31)27-16-14-26(15-17-27)13-12-22-18-21(8-11-24(22)32-26)19-4-2-1-3-5-19/h1-13,18H,14-17H2. The van der Waals surface area contributed by atoms with Crippen molar-refractivity contribution in [2.75, 3.05) is 13.1 Å². The van der Waals surface area contributed by atoms with Crippen molar-refractivity contribution >= 4 is 17.7 Å². The minimum absolute atomic E-state index is 0.0195. The minimum Gasteiger partial charge on any atom is -0.482 e. The van der Waals surface area contributed by atoms with Crippen molar-refractivity contribution in [1.29, 1.82) is 0 Å². The molecule has 1 fully saturated rings. The fourth-order valence-electron chi connectivity index (χ4n) is 4.34. The summed E-state index contributed by atoms with van der Waals surface area (Å²) in [5, 5.41) is 10.8. The Kier molecular flexibility index (Phi) is 4.98. The minimum atomic E-state index is -0.466. The number of nitro benzene ring substituents is 1. The average Bonchev–Trinajstić information content (AvgIpc) is 2.84. The molecule has 0 unspecified atom stereocenters. The molecule has 2 heterocycles. The summed E-state index contributed by atoms with van der Waals surface area (Å²) in [5.74, 6) is 0.754. The van der Waals surface area contributed by atoms with E-state index >= 15 is 0 Å². The maximum atomic E-state index is 12.8. The van der Waals surface area contributed by atoms with Crippen LogP contribution in [0.4, 0.5) is 5.69 Å². The van der Waals surface area contributed by atoms with Gasteiger partial charge in [-0.1, -0.05) is 42.5 Å². The fraction of sp³-hybridized carbons (Fsp3) is 0.192. The van der Waals surface area contributed by atoms with E-state index in [0.29, 0.717) is 31.5 Å². The maximum Gasteiger partial charge on any atom is 0.269 e. The zero-order valence-corrected chi connectivity index (χ0v) is 17.4. The molecule has 0 saturated carbocycles. The third-order valence-electron chi connectivity index (χ3n) is 6.22. The zero-order chi connectivity index (χ0) is 22.1. The van der Waals surface area contributed by atoms with Crippen LogP contribution in [0.5, 0.6) is 5.75 Å². The Morgan fingerprint density at radius 2 is 1.66 bits per heavy atom. The van der Waals surface area contributed by atoms with Gasteiger partial charge in [0.1, 0.15) is 11.4 Å². The Morgan fingerprint density at radius 3 is 2.34 bits per heavy atom. The van der Waals surface area contributed by atoms with E-state index in [0.717, 1.165) is 16.9 Å². The number of ether oxygens (including phenoxy) is 1. The molecule has 0 aliphatic carbocycles. The van der Waals surface area contributed by atoms with E-state index in [4.69, 9.17) is 4.74 Å². The van der Waals surface area contributed by atoms with Crippen LogP contribution in [0.1, 0.15) is 28.8 Å². The van der Waals surface area contributed by atoms with Gasteiger partial charge >= 0.3 is 0 Å². The normalized spacial score (nSPS) is 16.3. The van der Waals surface area contributed by atoms with Crippen LogP contribution in [0.25, 0.3) is 17.2 Å². The number of nitrogens with zero attached hydrogens (tertiary/aromatic N) is 2. The molecular formula is C26H22N2O4. The molecule has 6 nitrogen and oxygen atoms in total. The van der Waals surface area contributed by atoms with Crippen LogP contribution in [0.15, 0.2) is 78.9 Å². The number of piperidine rings is 1. The quantitative estimate of drug-likeness (QED) is 0.418. The topological polar surface area (TPSA) is 72.7 Å². The molecule has 3 aromatic carbocycles. The largest absolute Gasteiger partial charge is 0.482 e. The smallest absolute Gasteiger partial charge is 0.269 e. The van der Waals surface area contributed by atoms with Gasteiger partial charge in [-0.05, 0) is 41.5 Å². The molecular weight excluding hydrogens is 404 g/mol. The summed E-state index contributed by atoms with van der Waals surface area (Å²) in [7, 11) is 0. The van der Waals surface area contributed by atoms with Gasteiger partial charge in [0.15, 0.2) is 0 Å². The van der Waals surface area contributed by atoms with E-state index in [1.165, 1.54) is 29.8 Å². The van der Waals surface area contributed by atoms with Gasteiger partial charge in [-0.3, -0.25) is 14.9 Å². The highest BCUT2D eigenvalue weighted by Crippen LogP contribution is 2.39. The van der Waals surface area contributed by atoms with Gasteiger partial charge in [0.2, 0.25) is 0 Å². The Balaban J connectivity index is 1.27. The van der Waals surface area contributed by atoms with Crippen LogP contribution in [-0.4, -0.2) is 34.4 Å². The molecule has 1 spiro atoms. The lowest BCUT2D eigenvalue weighted by atomic mass is 9.87. The molecule has 160 valence electrons. The van der Waals surface area contributed by atoms with Crippen LogP contribution in [-0.2, 0) is 0 Å². The number of nitro groups is 1. The Morgan fingerprint density at radius 1 is 0.938 bits per heavy atom. The van der Waals surface area contributed by atoms with Crippen molar-refractivity contribution in [3.8, 4) is 16.9 Å². The fourth-order valence-corrected chi connectivity index (χ4v) is 4.34. The van der Waals surface area contributed by atoms with E-state index in [9.17, 15) is 14.9 Å². The van der Waals surface area contributed by atoms with Crippen LogP contribution in [0.3, 0.4) is 0 Å². The van der Waals surface area contributed by atoms with E-state index in [2.05, 4.69) is 36.4 Å². The number of rotatable bonds is 3. The molecule has 5 rings (SSSR count). The molecule has 0 bridgehead atoms. The number of amides is 1. The van der Waals surface area contributed by atoms with Crippen LogP contribution in [0, 0.1) is 10.1 Å². The Labute approximate surface area is 185 Å². The van der Waals surface area contributed by atoms with Gasteiger partial charge in [-0.15, -0.1) is 0 Å². The van der Waals surface area contributed by atoms with Crippen molar-refractivity contribution in [2.45, 2.75) is 18.4 Å². The second-order valence-electron chi connectivity index (χ2n) is 8.21. The summed E-state index contributed by atoms with van der Waals surface area (Å²) in [5.41, 5.74) is 3.41. The lowest BCUT2D eigenvalue weighted by molar-refractivity contribution is -0.384. The number of hydrogen-bond acceptors (Lipinski definition) is 4. The first-order valence-corrected chi connectivity index (χ1v) is 10.6. The van der Waals surface area contributed by atoms with E-state index in [-0.39, 0.29) is 11.6 Å². The van der Waals surface area contributed by atoms with Gasteiger partial charge < -0.3 is 9.64 Å². The highest BCUT2D eigenvalue weighted by Gasteiger charge is 2.38. The van der Waals surface area contributed by atoms with Gasteiger partial charge in [0.25, 0.3) is 11.6 Å². The molecule has 3 aromatic rings. The van der Waals surface area contributed by atoms with Crippen LogP contribution < -0.4 is 4.74 Å². The Hall–Kier alpha value is -3.93. The second-order valence-corrected chi connectivity index (χ2v) is 8.21. The van der Waals surface area contributed by atoms with Gasteiger partial charge in [-0.25, -0.2) is 0 Å². The predicted octanol–water partition coefficient (Wildman–Crippen LogP) is 5.34. The van der Waals surface area contributed by atoms with Crippen molar-refractivity contribution in [2.24, 2.45) is 0 Å². The van der Waals surface area contributed by atoms with Crippen LogP contribution >= 0.6 is 0 Å². The first kappa shape index (κ1) is 20.0. The summed E-state index contributed by atoms with van der Waals surface area (Å²) >= 11 is 0. The summed E-state index contributed by atoms with van der Waals surface area (Å²) in [4.78, 5) is 25.0. The number of non-ortho nitro benzene ring substituents is 1. The van der Waals surface area contributed by atoms with Gasteiger partial charge in [0, 0.05) is 49.2 Å². The molecule has 1 saturated heterocycles. The third-order valence-corrected chi connectivity index (χ3v) is 6.22. The third kappa shape index (κ3) is 3.75. The summed E-state index contributed by atoms with van der Waals surface area (Å²) < 4.78 is 6.43. The van der Waals surface area contributed by atoms with Gasteiger partial charge in [0.05, 0.1) is 4.92 Å². The molecule has 0 radical (unpaired) electrons. The molecule has 0 N–H and O–H groups in total. The predicted molar refractivity (Wildman–Crippen MR) is 123 cm³/mol. The van der Waals surface area contributed by atoms with E-state index < -0.39 is 10.5 Å². The summed E-state index contributed by atoms with van der Waals surface area (Å²) in [6, 6.07) is 22.3. The molecule has 1 amide bonds.